The second-order valence-corrected chi connectivity index (χ2v) is 6.86. The fourth-order valence-corrected chi connectivity index (χ4v) is 3.09. The lowest BCUT2D eigenvalue weighted by Gasteiger charge is -2.14. The molecule has 6 nitrogen and oxygen atoms in total. The van der Waals surface area contributed by atoms with Gasteiger partial charge in [0.2, 0.25) is 5.91 Å². The molecule has 1 N–H and O–H groups in total. The van der Waals surface area contributed by atoms with E-state index >= 15 is 0 Å². The molecule has 2 aromatic heterocycles. The van der Waals surface area contributed by atoms with Crippen molar-refractivity contribution < 1.29 is 13.6 Å². The van der Waals surface area contributed by atoms with Gasteiger partial charge in [0.05, 0.1) is 23.6 Å². The number of furan rings is 1. The van der Waals surface area contributed by atoms with Gasteiger partial charge in [-0.1, -0.05) is 43.0 Å². The SMILES string of the molecule is CCc1ccc([C@@H](C)NC(=O)CSc2nnc(-c3ccoc3C)o2)cc1. The van der Waals surface area contributed by atoms with Crippen LogP contribution in [0.5, 0.6) is 0 Å². The van der Waals surface area contributed by atoms with Crippen LogP contribution in [0.3, 0.4) is 0 Å². The number of nitrogens with one attached hydrogen (secondary N) is 1. The maximum absolute atomic E-state index is 12.2. The number of carbonyl (C=O) groups is 1. The highest BCUT2D eigenvalue weighted by Gasteiger charge is 2.15. The molecule has 0 aliphatic heterocycles. The average Bonchev–Trinajstić information content (AvgIpc) is 3.28. The van der Waals surface area contributed by atoms with Crippen LogP contribution in [-0.2, 0) is 11.2 Å². The minimum absolute atomic E-state index is 0.0548. The molecule has 0 bridgehead atoms. The van der Waals surface area contributed by atoms with Crippen LogP contribution in [0.4, 0.5) is 0 Å². The van der Waals surface area contributed by atoms with Gasteiger partial charge in [-0.2, -0.15) is 0 Å². The van der Waals surface area contributed by atoms with E-state index in [-0.39, 0.29) is 17.7 Å². The van der Waals surface area contributed by atoms with Crippen LogP contribution < -0.4 is 5.32 Å². The average molecular weight is 371 g/mol. The normalized spacial score (nSPS) is 12.1. The fourth-order valence-electron chi connectivity index (χ4n) is 2.52. The predicted molar refractivity (Wildman–Crippen MR) is 99.8 cm³/mol. The van der Waals surface area contributed by atoms with Crippen molar-refractivity contribution in [2.24, 2.45) is 0 Å². The number of thioether (sulfide) groups is 1. The third-order valence-electron chi connectivity index (χ3n) is 4.09. The van der Waals surface area contributed by atoms with Gasteiger partial charge >= 0.3 is 0 Å². The molecule has 26 heavy (non-hydrogen) atoms. The van der Waals surface area contributed by atoms with Crippen molar-refractivity contribution in [1.29, 1.82) is 0 Å². The molecule has 2 heterocycles. The van der Waals surface area contributed by atoms with Gasteiger partial charge in [-0.15, -0.1) is 10.2 Å². The van der Waals surface area contributed by atoms with E-state index in [2.05, 4.69) is 46.7 Å². The highest BCUT2D eigenvalue weighted by molar-refractivity contribution is 7.99. The Bertz CT molecular complexity index is 870. The first-order chi connectivity index (χ1) is 12.6. The molecule has 0 aliphatic rings. The minimum atomic E-state index is -0.0821. The Labute approximate surface area is 156 Å². The van der Waals surface area contributed by atoms with Gasteiger partial charge in [0.1, 0.15) is 5.76 Å². The van der Waals surface area contributed by atoms with Crippen LogP contribution in [0.15, 0.2) is 50.7 Å². The number of aromatic nitrogens is 2. The van der Waals surface area contributed by atoms with E-state index in [0.29, 0.717) is 16.9 Å². The molecule has 1 aromatic carbocycles. The summed E-state index contributed by atoms with van der Waals surface area (Å²) in [4.78, 5) is 12.2. The third-order valence-corrected chi connectivity index (χ3v) is 4.91. The standard InChI is InChI=1S/C19H21N3O3S/c1-4-14-5-7-15(8-6-14)12(2)20-17(23)11-26-19-22-21-18(25-19)16-9-10-24-13(16)3/h5-10,12H,4,11H2,1-3H3,(H,20,23)/t12-/m1/s1. The summed E-state index contributed by atoms with van der Waals surface area (Å²) in [6, 6.07) is 9.99. The molecule has 1 amide bonds. The number of nitrogens with zero attached hydrogens (tertiary/aromatic N) is 2. The van der Waals surface area contributed by atoms with Crippen LogP contribution in [0.25, 0.3) is 11.5 Å². The molecule has 7 heteroatoms. The number of rotatable bonds is 7. The van der Waals surface area contributed by atoms with Crippen LogP contribution in [0, 0.1) is 6.92 Å². The summed E-state index contributed by atoms with van der Waals surface area (Å²) in [5.74, 6) is 1.24. The summed E-state index contributed by atoms with van der Waals surface area (Å²) >= 11 is 1.21. The second-order valence-electron chi connectivity index (χ2n) is 5.94. The van der Waals surface area contributed by atoms with Gasteiger partial charge in [0, 0.05) is 0 Å². The van der Waals surface area contributed by atoms with E-state index in [4.69, 9.17) is 8.83 Å². The lowest BCUT2D eigenvalue weighted by atomic mass is 10.1. The van der Waals surface area contributed by atoms with Gasteiger partial charge in [0.15, 0.2) is 0 Å². The third kappa shape index (κ3) is 4.35. The molecule has 1 atom stereocenters. The van der Waals surface area contributed by atoms with E-state index in [1.807, 2.05) is 13.8 Å². The topological polar surface area (TPSA) is 81.2 Å². The zero-order chi connectivity index (χ0) is 18.5. The molecule has 3 rings (SSSR count). The summed E-state index contributed by atoms with van der Waals surface area (Å²) in [5, 5.41) is 11.3. The largest absolute Gasteiger partial charge is 0.469 e. The quantitative estimate of drug-likeness (QED) is 0.628. The summed E-state index contributed by atoms with van der Waals surface area (Å²) < 4.78 is 10.8. The highest BCUT2D eigenvalue weighted by Crippen LogP contribution is 2.26. The number of hydrogen-bond acceptors (Lipinski definition) is 6. The van der Waals surface area contributed by atoms with E-state index < -0.39 is 0 Å². The van der Waals surface area contributed by atoms with E-state index in [1.54, 1.807) is 12.3 Å². The van der Waals surface area contributed by atoms with Crippen LogP contribution in [0.2, 0.25) is 0 Å². The van der Waals surface area contributed by atoms with Gasteiger partial charge < -0.3 is 14.2 Å². The smallest absolute Gasteiger partial charge is 0.277 e. The molecule has 0 spiro atoms. The monoisotopic (exact) mass is 371 g/mol. The number of carbonyl (C=O) groups excluding carboxylic acids is 1. The second kappa shape index (κ2) is 8.23. The van der Waals surface area contributed by atoms with Crippen molar-refractivity contribution in [1.82, 2.24) is 15.5 Å². The molecular formula is C19H21N3O3S. The lowest BCUT2D eigenvalue weighted by molar-refractivity contribution is -0.119. The number of aryl methyl sites for hydroxylation is 2. The molecule has 0 unspecified atom stereocenters. The van der Waals surface area contributed by atoms with Gasteiger partial charge in [-0.05, 0) is 37.5 Å². The Morgan fingerprint density at radius 3 is 2.65 bits per heavy atom. The molecule has 0 radical (unpaired) electrons. The van der Waals surface area contributed by atoms with Crippen molar-refractivity contribution in [3.8, 4) is 11.5 Å². The van der Waals surface area contributed by atoms with Crippen molar-refractivity contribution in [2.75, 3.05) is 5.75 Å². The van der Waals surface area contributed by atoms with Crippen molar-refractivity contribution >= 4 is 17.7 Å². The van der Waals surface area contributed by atoms with E-state index in [9.17, 15) is 4.79 Å². The number of benzene rings is 1. The van der Waals surface area contributed by atoms with Gasteiger partial charge in [-0.3, -0.25) is 4.79 Å². The molecule has 0 fully saturated rings. The molecule has 136 valence electrons. The first kappa shape index (κ1) is 18.3. The molecule has 0 saturated heterocycles. The maximum Gasteiger partial charge on any atom is 0.277 e. The van der Waals surface area contributed by atoms with E-state index in [1.165, 1.54) is 17.3 Å². The van der Waals surface area contributed by atoms with Gasteiger partial charge in [-0.25, -0.2) is 0 Å². The highest BCUT2D eigenvalue weighted by atomic mass is 32.2. The summed E-state index contributed by atoms with van der Waals surface area (Å²) in [7, 11) is 0. The van der Waals surface area contributed by atoms with Crippen LogP contribution in [-0.4, -0.2) is 21.9 Å². The Morgan fingerprint density at radius 2 is 2.00 bits per heavy atom. The summed E-state index contributed by atoms with van der Waals surface area (Å²) in [6.07, 6.45) is 2.58. The number of hydrogen-bond donors (Lipinski definition) is 1. The van der Waals surface area contributed by atoms with E-state index in [0.717, 1.165) is 17.5 Å². The first-order valence-electron chi connectivity index (χ1n) is 8.45. The van der Waals surface area contributed by atoms with Crippen LogP contribution in [0.1, 0.15) is 36.8 Å². The Kier molecular flexibility index (Phi) is 5.78. The lowest BCUT2D eigenvalue weighted by Crippen LogP contribution is -2.28. The van der Waals surface area contributed by atoms with Crippen molar-refractivity contribution in [2.45, 2.75) is 38.5 Å². The number of amides is 1. The maximum atomic E-state index is 12.2. The predicted octanol–water partition coefficient (Wildman–Crippen LogP) is 4.17. The molecule has 0 aliphatic carbocycles. The molecule has 0 saturated carbocycles. The minimum Gasteiger partial charge on any atom is -0.469 e. The van der Waals surface area contributed by atoms with Crippen LogP contribution >= 0.6 is 11.8 Å². The Balaban J connectivity index is 1.52. The summed E-state index contributed by atoms with van der Waals surface area (Å²) in [6.45, 7) is 5.92. The fraction of sp³-hybridized carbons (Fsp3) is 0.316. The first-order valence-corrected chi connectivity index (χ1v) is 9.44. The zero-order valence-electron chi connectivity index (χ0n) is 15.0. The van der Waals surface area contributed by atoms with Crippen molar-refractivity contribution in [3.05, 3.63) is 53.5 Å². The zero-order valence-corrected chi connectivity index (χ0v) is 15.8. The molecular weight excluding hydrogens is 350 g/mol. The van der Waals surface area contributed by atoms with Gasteiger partial charge in [0.25, 0.3) is 11.1 Å². The summed E-state index contributed by atoms with van der Waals surface area (Å²) in [5.41, 5.74) is 3.12. The Morgan fingerprint density at radius 1 is 1.23 bits per heavy atom. The van der Waals surface area contributed by atoms with Crippen molar-refractivity contribution in [3.63, 3.8) is 0 Å². The molecule has 3 aromatic rings. The Hall–Kier alpha value is -2.54.